The maximum atomic E-state index is 4.93. The van der Waals surface area contributed by atoms with Crippen LogP contribution in [-0.4, -0.2) is 32.1 Å². The van der Waals surface area contributed by atoms with Crippen molar-refractivity contribution in [2.24, 2.45) is 0 Å². The minimum Gasteiger partial charge on any atom is -0.309 e. The Morgan fingerprint density at radius 1 is 1.70 bits per heavy atom. The van der Waals surface area contributed by atoms with Gasteiger partial charge in [0.1, 0.15) is 0 Å². The van der Waals surface area contributed by atoms with Crippen LogP contribution >= 0.6 is 0 Å². The van der Waals surface area contributed by atoms with E-state index in [0.29, 0.717) is 6.61 Å². The first-order chi connectivity index (χ1) is 4.79. The van der Waals surface area contributed by atoms with Gasteiger partial charge in [0.15, 0.2) is 0 Å². The SMILES string of the molecule is CN(C)CCC1=CCON1. The number of hydrogen-bond donors (Lipinski definition) is 1. The lowest BCUT2D eigenvalue weighted by Crippen LogP contribution is -2.16. The molecule has 1 heterocycles. The van der Waals surface area contributed by atoms with Crippen molar-refractivity contribution >= 4 is 0 Å². The molecule has 0 radical (unpaired) electrons. The zero-order valence-electron chi connectivity index (χ0n) is 6.55. The second-order valence-electron chi connectivity index (χ2n) is 2.70. The molecular weight excluding hydrogens is 128 g/mol. The lowest BCUT2D eigenvalue weighted by Gasteiger charge is -2.09. The third kappa shape index (κ3) is 2.37. The highest BCUT2D eigenvalue weighted by Crippen LogP contribution is 2.02. The molecule has 58 valence electrons. The van der Waals surface area contributed by atoms with E-state index in [2.05, 4.69) is 30.6 Å². The van der Waals surface area contributed by atoms with Gasteiger partial charge in [-0.2, -0.15) is 0 Å². The number of hydrogen-bond acceptors (Lipinski definition) is 3. The molecule has 0 fully saturated rings. The van der Waals surface area contributed by atoms with Crippen molar-refractivity contribution in [1.29, 1.82) is 0 Å². The third-order valence-corrected chi connectivity index (χ3v) is 1.44. The smallest absolute Gasteiger partial charge is 0.0947 e. The predicted octanol–water partition coefficient (Wildman–Crippen LogP) is 0.357. The minimum absolute atomic E-state index is 0.711. The van der Waals surface area contributed by atoms with Gasteiger partial charge in [0, 0.05) is 18.7 Å². The van der Waals surface area contributed by atoms with Gasteiger partial charge in [-0.3, -0.25) is 10.3 Å². The summed E-state index contributed by atoms with van der Waals surface area (Å²) < 4.78 is 0. The molecule has 0 unspecified atom stereocenters. The van der Waals surface area contributed by atoms with E-state index in [1.54, 1.807) is 0 Å². The molecule has 0 aromatic heterocycles. The van der Waals surface area contributed by atoms with Gasteiger partial charge < -0.3 is 4.90 Å². The van der Waals surface area contributed by atoms with Crippen LogP contribution in [0, 0.1) is 0 Å². The van der Waals surface area contributed by atoms with Crippen LogP contribution in [0.2, 0.25) is 0 Å². The minimum atomic E-state index is 0.711. The topological polar surface area (TPSA) is 24.5 Å². The second-order valence-corrected chi connectivity index (χ2v) is 2.70. The molecule has 1 aliphatic rings. The van der Waals surface area contributed by atoms with Crippen molar-refractivity contribution in [1.82, 2.24) is 10.4 Å². The summed E-state index contributed by atoms with van der Waals surface area (Å²) in [4.78, 5) is 7.08. The monoisotopic (exact) mass is 142 g/mol. The summed E-state index contributed by atoms with van der Waals surface area (Å²) in [6, 6.07) is 0. The molecule has 0 aliphatic carbocycles. The van der Waals surface area contributed by atoms with Gasteiger partial charge in [0.2, 0.25) is 0 Å². The quantitative estimate of drug-likeness (QED) is 0.615. The molecule has 3 nitrogen and oxygen atoms in total. The second kappa shape index (κ2) is 3.58. The van der Waals surface area contributed by atoms with Crippen LogP contribution in [0.4, 0.5) is 0 Å². The average molecular weight is 142 g/mol. The standard InChI is InChI=1S/C7H14N2O/c1-9(2)5-3-7-4-6-10-8-7/h4,8H,3,5-6H2,1-2H3. The summed E-state index contributed by atoms with van der Waals surface area (Å²) >= 11 is 0. The molecular formula is C7H14N2O. The Morgan fingerprint density at radius 2 is 2.50 bits per heavy atom. The van der Waals surface area contributed by atoms with Gasteiger partial charge in [-0.1, -0.05) is 0 Å². The fourth-order valence-electron chi connectivity index (χ4n) is 0.815. The van der Waals surface area contributed by atoms with Crippen molar-refractivity contribution in [3.05, 3.63) is 11.8 Å². The number of rotatable bonds is 3. The molecule has 0 saturated heterocycles. The first-order valence-corrected chi connectivity index (χ1v) is 3.50. The predicted molar refractivity (Wildman–Crippen MR) is 40.3 cm³/mol. The van der Waals surface area contributed by atoms with E-state index in [9.17, 15) is 0 Å². The van der Waals surface area contributed by atoms with E-state index in [1.165, 1.54) is 5.70 Å². The van der Waals surface area contributed by atoms with Crippen LogP contribution < -0.4 is 5.48 Å². The van der Waals surface area contributed by atoms with Crippen LogP contribution in [-0.2, 0) is 4.84 Å². The maximum absolute atomic E-state index is 4.93. The van der Waals surface area contributed by atoms with Gasteiger partial charge in [-0.15, -0.1) is 0 Å². The molecule has 3 heteroatoms. The molecule has 1 aliphatic heterocycles. The van der Waals surface area contributed by atoms with Crippen molar-refractivity contribution in [3.63, 3.8) is 0 Å². The van der Waals surface area contributed by atoms with Crippen molar-refractivity contribution in [3.8, 4) is 0 Å². The van der Waals surface area contributed by atoms with Gasteiger partial charge in [-0.25, -0.2) is 0 Å². The van der Waals surface area contributed by atoms with Crippen LogP contribution in [0.15, 0.2) is 11.8 Å². The lowest BCUT2D eigenvalue weighted by atomic mass is 10.3. The van der Waals surface area contributed by atoms with Crippen LogP contribution in [0.1, 0.15) is 6.42 Å². The highest BCUT2D eigenvalue weighted by atomic mass is 16.6. The van der Waals surface area contributed by atoms with Crippen molar-refractivity contribution < 1.29 is 4.84 Å². The van der Waals surface area contributed by atoms with Gasteiger partial charge in [0.05, 0.1) is 6.61 Å². The fourth-order valence-corrected chi connectivity index (χ4v) is 0.815. The Balaban J connectivity index is 2.13. The molecule has 0 atom stereocenters. The number of nitrogens with zero attached hydrogens (tertiary/aromatic N) is 1. The van der Waals surface area contributed by atoms with E-state index in [4.69, 9.17) is 4.84 Å². The summed E-state index contributed by atoms with van der Waals surface area (Å²) in [5.41, 5.74) is 4.05. The molecule has 10 heavy (non-hydrogen) atoms. The zero-order chi connectivity index (χ0) is 7.40. The molecule has 0 amide bonds. The average Bonchev–Trinajstić information content (AvgIpc) is 2.34. The zero-order valence-corrected chi connectivity index (χ0v) is 6.55. The number of hydroxylamine groups is 1. The summed E-state index contributed by atoms with van der Waals surface area (Å²) in [5.74, 6) is 0. The normalized spacial score (nSPS) is 17.3. The van der Waals surface area contributed by atoms with E-state index >= 15 is 0 Å². The van der Waals surface area contributed by atoms with Gasteiger partial charge in [0.25, 0.3) is 0 Å². The third-order valence-electron chi connectivity index (χ3n) is 1.44. The lowest BCUT2D eigenvalue weighted by molar-refractivity contribution is 0.106. The van der Waals surface area contributed by atoms with Gasteiger partial charge in [-0.05, 0) is 20.2 Å². The maximum Gasteiger partial charge on any atom is 0.0947 e. The Kier molecular flexibility index (Phi) is 2.71. The van der Waals surface area contributed by atoms with E-state index in [1.807, 2.05) is 0 Å². The fraction of sp³-hybridized carbons (Fsp3) is 0.714. The Labute approximate surface area is 61.6 Å². The molecule has 0 aromatic carbocycles. The number of nitrogens with one attached hydrogen (secondary N) is 1. The largest absolute Gasteiger partial charge is 0.309 e. The van der Waals surface area contributed by atoms with Crippen LogP contribution in [0.3, 0.4) is 0 Å². The highest BCUT2D eigenvalue weighted by Gasteiger charge is 2.02. The summed E-state index contributed by atoms with van der Waals surface area (Å²) in [6.45, 7) is 1.78. The van der Waals surface area contributed by atoms with E-state index in [-0.39, 0.29) is 0 Å². The van der Waals surface area contributed by atoms with Crippen molar-refractivity contribution in [2.75, 3.05) is 27.2 Å². The van der Waals surface area contributed by atoms with E-state index in [0.717, 1.165) is 13.0 Å². The van der Waals surface area contributed by atoms with Gasteiger partial charge >= 0.3 is 0 Å². The Bertz CT molecular complexity index is 132. The molecule has 0 saturated carbocycles. The highest BCUT2D eigenvalue weighted by molar-refractivity contribution is 5.01. The molecule has 1 rings (SSSR count). The molecule has 0 spiro atoms. The van der Waals surface area contributed by atoms with Crippen molar-refractivity contribution in [2.45, 2.75) is 6.42 Å². The Hall–Kier alpha value is -0.540. The Morgan fingerprint density at radius 3 is 3.00 bits per heavy atom. The van der Waals surface area contributed by atoms with Crippen LogP contribution in [0.5, 0.6) is 0 Å². The molecule has 1 N–H and O–H groups in total. The van der Waals surface area contributed by atoms with E-state index < -0.39 is 0 Å². The van der Waals surface area contributed by atoms with Crippen LogP contribution in [0.25, 0.3) is 0 Å². The first kappa shape index (κ1) is 7.57. The summed E-state index contributed by atoms with van der Waals surface area (Å²) in [7, 11) is 4.13. The summed E-state index contributed by atoms with van der Waals surface area (Å²) in [5, 5.41) is 0. The molecule has 0 aromatic rings. The molecule has 0 bridgehead atoms. The first-order valence-electron chi connectivity index (χ1n) is 3.50. The summed E-state index contributed by atoms with van der Waals surface area (Å²) in [6.07, 6.45) is 3.12.